The van der Waals surface area contributed by atoms with Gasteiger partial charge in [0.05, 0.1) is 0 Å². The second-order valence-corrected chi connectivity index (χ2v) is 3.93. The van der Waals surface area contributed by atoms with Gasteiger partial charge in [0.25, 0.3) is 0 Å². The van der Waals surface area contributed by atoms with E-state index < -0.39 is 11.6 Å². The fourth-order valence-electron chi connectivity index (χ4n) is 1.71. The third-order valence-corrected chi connectivity index (χ3v) is 2.55. The van der Waals surface area contributed by atoms with Gasteiger partial charge in [0.1, 0.15) is 11.6 Å². The van der Waals surface area contributed by atoms with Crippen molar-refractivity contribution < 1.29 is 8.78 Å². The Morgan fingerprint density at radius 2 is 1.53 bits per heavy atom. The minimum atomic E-state index is -0.576. The van der Waals surface area contributed by atoms with Gasteiger partial charge in [-0.05, 0) is 24.6 Å². The van der Waals surface area contributed by atoms with E-state index in [-0.39, 0.29) is 6.04 Å². The molecule has 3 heteroatoms. The highest BCUT2D eigenvalue weighted by Crippen LogP contribution is 2.20. The van der Waals surface area contributed by atoms with Gasteiger partial charge in [-0.2, -0.15) is 0 Å². The Kier molecular flexibility index (Phi) is 3.38. The van der Waals surface area contributed by atoms with Crippen molar-refractivity contribution in [3.05, 3.63) is 65.7 Å². The molecule has 0 saturated carbocycles. The smallest absolute Gasteiger partial charge is 0.128 e. The number of hydrogen-bond donors (Lipinski definition) is 1. The van der Waals surface area contributed by atoms with Crippen LogP contribution in [0, 0.1) is 11.6 Å². The Bertz CT molecular complexity index is 477. The summed E-state index contributed by atoms with van der Waals surface area (Å²) < 4.78 is 26.0. The molecular weight excluding hydrogens is 220 g/mol. The molecule has 0 spiro atoms. The second kappa shape index (κ2) is 4.95. The number of halogens is 2. The van der Waals surface area contributed by atoms with E-state index in [9.17, 15) is 8.78 Å². The first-order valence-electron chi connectivity index (χ1n) is 5.43. The Labute approximate surface area is 99.1 Å². The average molecular weight is 233 g/mol. The highest BCUT2D eigenvalue weighted by molar-refractivity contribution is 5.45. The Morgan fingerprint density at radius 1 is 0.941 bits per heavy atom. The predicted octanol–water partition coefficient (Wildman–Crippen LogP) is 4.14. The lowest BCUT2D eigenvalue weighted by molar-refractivity contribution is 0.583. The average Bonchev–Trinajstić information content (AvgIpc) is 2.28. The molecule has 0 fully saturated rings. The van der Waals surface area contributed by atoms with Gasteiger partial charge in [-0.15, -0.1) is 0 Å². The van der Waals surface area contributed by atoms with Crippen LogP contribution in [0.1, 0.15) is 18.5 Å². The van der Waals surface area contributed by atoms with E-state index >= 15 is 0 Å². The summed E-state index contributed by atoms with van der Waals surface area (Å²) in [6.45, 7) is 1.94. The lowest BCUT2D eigenvalue weighted by Gasteiger charge is -2.15. The van der Waals surface area contributed by atoms with E-state index in [1.807, 2.05) is 37.3 Å². The van der Waals surface area contributed by atoms with Crippen LogP contribution in [0.2, 0.25) is 0 Å². The minimum absolute atomic E-state index is 0.00241. The summed E-state index contributed by atoms with van der Waals surface area (Å²) in [6.07, 6.45) is 0. The fraction of sp³-hybridized carbons (Fsp3) is 0.143. The van der Waals surface area contributed by atoms with Gasteiger partial charge in [-0.1, -0.05) is 30.3 Å². The van der Waals surface area contributed by atoms with Crippen molar-refractivity contribution in [2.24, 2.45) is 0 Å². The normalized spacial score (nSPS) is 12.2. The van der Waals surface area contributed by atoms with Crippen molar-refractivity contribution in [2.75, 3.05) is 5.32 Å². The zero-order valence-electron chi connectivity index (χ0n) is 9.45. The number of benzene rings is 2. The largest absolute Gasteiger partial charge is 0.378 e. The van der Waals surface area contributed by atoms with E-state index in [4.69, 9.17) is 0 Å². The van der Waals surface area contributed by atoms with Crippen molar-refractivity contribution in [1.29, 1.82) is 0 Å². The maximum absolute atomic E-state index is 13.0. The fourth-order valence-corrected chi connectivity index (χ4v) is 1.71. The highest BCUT2D eigenvalue weighted by atomic mass is 19.1. The maximum Gasteiger partial charge on any atom is 0.128 e. The van der Waals surface area contributed by atoms with Gasteiger partial charge in [0.2, 0.25) is 0 Å². The molecule has 0 heterocycles. The number of nitrogens with one attached hydrogen (secondary N) is 1. The quantitative estimate of drug-likeness (QED) is 0.840. The minimum Gasteiger partial charge on any atom is -0.378 e. The van der Waals surface area contributed by atoms with Gasteiger partial charge in [0.15, 0.2) is 0 Å². The van der Waals surface area contributed by atoms with Crippen molar-refractivity contribution in [1.82, 2.24) is 0 Å². The molecule has 2 rings (SSSR count). The summed E-state index contributed by atoms with van der Waals surface area (Å²) >= 11 is 0. The first-order chi connectivity index (χ1) is 8.15. The zero-order chi connectivity index (χ0) is 12.3. The molecule has 0 aliphatic carbocycles. The van der Waals surface area contributed by atoms with Crippen molar-refractivity contribution >= 4 is 5.69 Å². The van der Waals surface area contributed by atoms with Crippen LogP contribution >= 0.6 is 0 Å². The summed E-state index contributed by atoms with van der Waals surface area (Å²) in [4.78, 5) is 0. The molecule has 0 radical (unpaired) electrons. The lowest BCUT2D eigenvalue weighted by Crippen LogP contribution is -2.06. The standard InChI is InChI=1S/C14H13F2N/c1-10(11-5-3-2-4-6-11)17-14-8-12(15)7-13(16)9-14/h2-10,17H,1H3. The number of rotatable bonds is 3. The molecule has 88 valence electrons. The first-order valence-corrected chi connectivity index (χ1v) is 5.43. The van der Waals surface area contributed by atoms with E-state index in [0.717, 1.165) is 11.6 Å². The van der Waals surface area contributed by atoms with Crippen LogP contribution in [-0.2, 0) is 0 Å². The third kappa shape index (κ3) is 3.03. The first kappa shape index (κ1) is 11.6. The molecule has 1 unspecified atom stereocenters. The van der Waals surface area contributed by atoms with Crippen LogP contribution in [0.3, 0.4) is 0 Å². The van der Waals surface area contributed by atoms with Crippen molar-refractivity contribution in [3.8, 4) is 0 Å². The highest BCUT2D eigenvalue weighted by Gasteiger charge is 2.06. The Hall–Kier alpha value is -1.90. The summed E-state index contributed by atoms with van der Waals surface area (Å²) in [5.41, 5.74) is 1.51. The molecule has 0 amide bonds. The van der Waals surface area contributed by atoms with Crippen molar-refractivity contribution in [3.63, 3.8) is 0 Å². The maximum atomic E-state index is 13.0. The van der Waals surface area contributed by atoms with Crippen LogP contribution < -0.4 is 5.32 Å². The molecule has 17 heavy (non-hydrogen) atoms. The van der Waals surface area contributed by atoms with Crippen molar-refractivity contribution in [2.45, 2.75) is 13.0 Å². The van der Waals surface area contributed by atoms with Gasteiger partial charge in [-0.25, -0.2) is 8.78 Å². The summed E-state index contributed by atoms with van der Waals surface area (Å²) in [5, 5.41) is 3.06. The third-order valence-electron chi connectivity index (χ3n) is 2.55. The van der Waals surface area contributed by atoms with E-state index in [0.29, 0.717) is 5.69 Å². The van der Waals surface area contributed by atoms with Crippen LogP contribution in [0.4, 0.5) is 14.5 Å². The SMILES string of the molecule is CC(Nc1cc(F)cc(F)c1)c1ccccc1. The molecule has 1 nitrogen and oxygen atoms in total. The zero-order valence-corrected chi connectivity index (χ0v) is 9.45. The lowest BCUT2D eigenvalue weighted by atomic mass is 10.1. The molecule has 0 saturated heterocycles. The van der Waals surface area contributed by atoms with Gasteiger partial charge in [-0.3, -0.25) is 0 Å². The van der Waals surface area contributed by atoms with Gasteiger partial charge >= 0.3 is 0 Å². The predicted molar refractivity (Wildman–Crippen MR) is 64.8 cm³/mol. The summed E-state index contributed by atoms with van der Waals surface area (Å²) in [5.74, 6) is -1.15. The molecule has 0 aliphatic heterocycles. The molecular formula is C14H13F2N. The summed E-state index contributed by atoms with van der Waals surface area (Å²) in [7, 11) is 0. The molecule has 1 N–H and O–H groups in total. The van der Waals surface area contributed by atoms with Crippen LogP contribution in [0.15, 0.2) is 48.5 Å². The van der Waals surface area contributed by atoms with Crippen LogP contribution in [0.25, 0.3) is 0 Å². The topological polar surface area (TPSA) is 12.0 Å². The molecule has 0 aromatic heterocycles. The van der Waals surface area contributed by atoms with Gasteiger partial charge < -0.3 is 5.32 Å². The molecule has 2 aromatic rings. The van der Waals surface area contributed by atoms with E-state index in [1.54, 1.807) is 0 Å². The molecule has 1 atom stereocenters. The second-order valence-electron chi connectivity index (χ2n) is 3.93. The van der Waals surface area contributed by atoms with Crippen LogP contribution in [-0.4, -0.2) is 0 Å². The Morgan fingerprint density at radius 3 is 2.12 bits per heavy atom. The Balaban J connectivity index is 2.16. The molecule has 0 aliphatic rings. The number of hydrogen-bond acceptors (Lipinski definition) is 1. The molecule has 2 aromatic carbocycles. The molecule has 0 bridgehead atoms. The van der Waals surface area contributed by atoms with Gasteiger partial charge in [0, 0.05) is 17.8 Å². The number of anilines is 1. The van der Waals surface area contributed by atoms with E-state index in [2.05, 4.69) is 5.32 Å². The van der Waals surface area contributed by atoms with E-state index in [1.165, 1.54) is 12.1 Å². The van der Waals surface area contributed by atoms with Crippen LogP contribution in [0.5, 0.6) is 0 Å². The summed E-state index contributed by atoms with van der Waals surface area (Å²) in [6, 6.07) is 13.1. The monoisotopic (exact) mass is 233 g/mol.